The normalized spacial score (nSPS) is 12.6. The number of rotatable bonds is 4. The van der Waals surface area contributed by atoms with Crippen LogP contribution in [0.1, 0.15) is 57.7 Å². The predicted octanol–water partition coefficient (Wildman–Crippen LogP) is 5.17. The third-order valence-corrected chi connectivity index (χ3v) is 5.42. The van der Waals surface area contributed by atoms with Crippen LogP contribution in [0.4, 0.5) is 0 Å². The molecule has 1 aromatic carbocycles. The summed E-state index contributed by atoms with van der Waals surface area (Å²) in [5.41, 5.74) is 3.64. The van der Waals surface area contributed by atoms with Crippen LogP contribution in [0.3, 0.4) is 0 Å². The first kappa shape index (κ1) is 18.3. The maximum atomic E-state index is 10.7. The average molecular weight is 351 g/mol. The van der Waals surface area contributed by atoms with E-state index in [0.717, 1.165) is 28.3 Å². The van der Waals surface area contributed by atoms with Crippen LogP contribution >= 0.6 is 23.1 Å². The molecule has 2 aromatic rings. The number of hydrogen-bond donors (Lipinski definition) is 1. The zero-order chi connectivity index (χ0) is 17.3. The molecule has 1 aromatic heterocycles. The summed E-state index contributed by atoms with van der Waals surface area (Å²) >= 11 is 3.42. The van der Waals surface area contributed by atoms with Gasteiger partial charge in [-0.25, -0.2) is 0 Å². The Bertz CT molecular complexity index is 618. The van der Waals surface area contributed by atoms with Gasteiger partial charge in [0.1, 0.15) is 16.3 Å². The number of aromatic hydroxyl groups is 1. The number of hydrogen-bond acceptors (Lipinski definition) is 5. The van der Waals surface area contributed by atoms with Gasteiger partial charge in [-0.1, -0.05) is 41.5 Å². The van der Waals surface area contributed by atoms with Crippen LogP contribution in [0.25, 0.3) is 0 Å². The quantitative estimate of drug-likeness (QED) is 0.772. The molecule has 0 atom stereocenters. The number of nitrogens with zero attached hydrogens (tertiary/aromatic N) is 2. The van der Waals surface area contributed by atoms with Crippen molar-refractivity contribution < 1.29 is 5.11 Å². The standard InChI is InChI=1S/C18H26N2OS2/c1-17(2,3)13-9-12(10-14(16(13)21)18(4,5)6)22-8-7-15-20-19-11-23-15/h9-11,21H,7-8H2,1-6H3. The first-order valence-corrected chi connectivity index (χ1v) is 9.71. The summed E-state index contributed by atoms with van der Waals surface area (Å²) in [5, 5.41) is 19.8. The second-order valence-electron chi connectivity index (χ2n) is 7.80. The highest BCUT2D eigenvalue weighted by Crippen LogP contribution is 2.41. The summed E-state index contributed by atoms with van der Waals surface area (Å²) in [6.07, 6.45) is 0.923. The molecule has 0 radical (unpaired) electrons. The van der Waals surface area contributed by atoms with Gasteiger partial charge in [-0.15, -0.1) is 33.3 Å². The second-order valence-corrected chi connectivity index (χ2v) is 9.88. The molecular formula is C18H26N2OS2. The van der Waals surface area contributed by atoms with Gasteiger partial charge < -0.3 is 5.11 Å². The van der Waals surface area contributed by atoms with Crippen LogP contribution in [0.15, 0.2) is 22.5 Å². The lowest BCUT2D eigenvalue weighted by atomic mass is 9.79. The van der Waals surface area contributed by atoms with E-state index in [4.69, 9.17) is 0 Å². The Morgan fingerprint density at radius 3 is 2.04 bits per heavy atom. The molecule has 0 amide bonds. The van der Waals surface area contributed by atoms with Crippen molar-refractivity contribution in [3.63, 3.8) is 0 Å². The molecular weight excluding hydrogens is 324 g/mol. The van der Waals surface area contributed by atoms with E-state index < -0.39 is 0 Å². The number of aromatic nitrogens is 2. The fourth-order valence-corrected chi connectivity index (χ4v) is 3.99. The summed E-state index contributed by atoms with van der Waals surface area (Å²) < 4.78 is 0. The van der Waals surface area contributed by atoms with Gasteiger partial charge in [-0.3, -0.25) is 0 Å². The first-order valence-electron chi connectivity index (χ1n) is 7.85. The van der Waals surface area contributed by atoms with E-state index in [1.807, 2.05) is 11.8 Å². The van der Waals surface area contributed by atoms with E-state index >= 15 is 0 Å². The maximum absolute atomic E-state index is 10.7. The van der Waals surface area contributed by atoms with Crippen LogP contribution in [-0.4, -0.2) is 21.1 Å². The fourth-order valence-electron chi connectivity index (χ4n) is 2.40. The molecule has 0 spiro atoms. The van der Waals surface area contributed by atoms with Gasteiger partial charge in [0, 0.05) is 28.2 Å². The second kappa shape index (κ2) is 6.81. The third kappa shape index (κ3) is 4.70. The fraction of sp³-hybridized carbons (Fsp3) is 0.556. The molecule has 23 heavy (non-hydrogen) atoms. The van der Waals surface area contributed by atoms with Crippen molar-refractivity contribution in [1.29, 1.82) is 0 Å². The number of benzene rings is 1. The summed E-state index contributed by atoms with van der Waals surface area (Å²) in [4.78, 5) is 1.21. The molecule has 0 fully saturated rings. The minimum Gasteiger partial charge on any atom is -0.507 e. The Labute approximate surface area is 147 Å². The number of phenolic OH excluding ortho intramolecular Hbond substituents is 1. The van der Waals surface area contributed by atoms with Gasteiger partial charge in [-0.05, 0) is 23.0 Å². The van der Waals surface area contributed by atoms with Gasteiger partial charge in [0.15, 0.2) is 0 Å². The maximum Gasteiger partial charge on any atom is 0.123 e. The van der Waals surface area contributed by atoms with E-state index in [-0.39, 0.29) is 10.8 Å². The summed E-state index contributed by atoms with van der Waals surface area (Å²) in [6, 6.07) is 4.27. The SMILES string of the molecule is CC(C)(C)c1cc(SCCc2nncs2)cc(C(C)(C)C)c1O. The van der Waals surface area contributed by atoms with Crippen molar-refractivity contribution in [2.24, 2.45) is 0 Å². The molecule has 0 saturated carbocycles. The lowest BCUT2D eigenvalue weighted by molar-refractivity contribution is 0.422. The molecule has 0 unspecified atom stereocenters. The molecule has 3 nitrogen and oxygen atoms in total. The van der Waals surface area contributed by atoms with Crippen molar-refractivity contribution in [3.8, 4) is 5.75 Å². The molecule has 0 bridgehead atoms. The largest absolute Gasteiger partial charge is 0.507 e. The number of phenols is 1. The van der Waals surface area contributed by atoms with E-state index in [0.29, 0.717) is 5.75 Å². The molecule has 2 rings (SSSR count). The molecule has 1 N–H and O–H groups in total. The Morgan fingerprint density at radius 2 is 1.61 bits per heavy atom. The Kier molecular flexibility index (Phi) is 5.41. The van der Waals surface area contributed by atoms with Gasteiger partial charge in [0.25, 0.3) is 0 Å². The minimum atomic E-state index is -0.0835. The zero-order valence-electron chi connectivity index (χ0n) is 14.8. The summed E-state index contributed by atoms with van der Waals surface area (Å²) in [6.45, 7) is 12.9. The Morgan fingerprint density at radius 1 is 1.04 bits per heavy atom. The predicted molar refractivity (Wildman–Crippen MR) is 99.8 cm³/mol. The highest BCUT2D eigenvalue weighted by molar-refractivity contribution is 7.99. The summed E-state index contributed by atoms with van der Waals surface area (Å²) in [7, 11) is 0. The Hall–Kier alpha value is -1.07. The van der Waals surface area contributed by atoms with Gasteiger partial charge in [-0.2, -0.15) is 0 Å². The van der Waals surface area contributed by atoms with E-state index in [1.165, 1.54) is 4.90 Å². The minimum absolute atomic E-state index is 0.0835. The van der Waals surface area contributed by atoms with E-state index in [9.17, 15) is 5.11 Å². The van der Waals surface area contributed by atoms with E-state index in [2.05, 4.69) is 63.9 Å². The third-order valence-electron chi connectivity index (χ3n) is 3.69. The molecule has 5 heteroatoms. The zero-order valence-corrected chi connectivity index (χ0v) is 16.4. The van der Waals surface area contributed by atoms with Crippen molar-refractivity contribution in [2.45, 2.75) is 63.7 Å². The van der Waals surface area contributed by atoms with E-state index in [1.54, 1.807) is 16.8 Å². The van der Waals surface area contributed by atoms with Crippen molar-refractivity contribution in [1.82, 2.24) is 10.2 Å². The molecule has 0 aliphatic rings. The highest BCUT2D eigenvalue weighted by Gasteiger charge is 2.26. The van der Waals surface area contributed by atoms with Crippen LogP contribution in [0.5, 0.6) is 5.75 Å². The smallest absolute Gasteiger partial charge is 0.123 e. The average Bonchev–Trinajstić information content (AvgIpc) is 2.91. The summed E-state index contributed by atoms with van der Waals surface area (Å²) in [5.74, 6) is 1.41. The van der Waals surface area contributed by atoms with Gasteiger partial charge in [0.05, 0.1) is 0 Å². The molecule has 1 heterocycles. The van der Waals surface area contributed by atoms with Crippen molar-refractivity contribution >= 4 is 23.1 Å². The van der Waals surface area contributed by atoms with Crippen LogP contribution in [-0.2, 0) is 17.3 Å². The van der Waals surface area contributed by atoms with Crippen LogP contribution in [0, 0.1) is 0 Å². The highest BCUT2D eigenvalue weighted by atomic mass is 32.2. The van der Waals surface area contributed by atoms with Crippen molar-refractivity contribution in [3.05, 3.63) is 33.8 Å². The topological polar surface area (TPSA) is 46.0 Å². The van der Waals surface area contributed by atoms with Crippen LogP contribution in [0.2, 0.25) is 0 Å². The first-order chi connectivity index (χ1) is 10.6. The lowest BCUT2D eigenvalue weighted by Crippen LogP contribution is -2.17. The molecule has 0 aliphatic carbocycles. The Balaban J connectivity index is 2.28. The van der Waals surface area contributed by atoms with Gasteiger partial charge in [0.2, 0.25) is 0 Å². The molecule has 0 saturated heterocycles. The monoisotopic (exact) mass is 350 g/mol. The van der Waals surface area contributed by atoms with Crippen molar-refractivity contribution in [2.75, 3.05) is 5.75 Å². The van der Waals surface area contributed by atoms with Crippen LogP contribution < -0.4 is 0 Å². The lowest BCUT2D eigenvalue weighted by Gasteiger charge is -2.28. The number of aryl methyl sites for hydroxylation is 1. The van der Waals surface area contributed by atoms with Gasteiger partial charge >= 0.3 is 0 Å². The molecule has 0 aliphatic heterocycles. The molecule has 126 valence electrons. The number of thioether (sulfide) groups is 1.